The molecule has 4 rings (SSSR count). The number of fused-ring (bicyclic) bond motifs is 1. The van der Waals surface area contributed by atoms with Crippen LogP contribution >= 0.6 is 11.3 Å². The molecule has 2 aliphatic rings. The minimum Gasteiger partial charge on any atom is -0.464 e. The maximum absolute atomic E-state index is 12.4. The van der Waals surface area contributed by atoms with Crippen LogP contribution in [0.5, 0.6) is 5.19 Å². The van der Waals surface area contributed by atoms with Crippen LogP contribution in [0.15, 0.2) is 29.3 Å². The third kappa shape index (κ3) is 7.64. The van der Waals surface area contributed by atoms with Crippen LogP contribution in [-0.4, -0.2) is 48.1 Å². The van der Waals surface area contributed by atoms with Crippen LogP contribution in [0.3, 0.4) is 0 Å². The van der Waals surface area contributed by atoms with Crippen molar-refractivity contribution in [1.82, 2.24) is 9.88 Å². The van der Waals surface area contributed by atoms with Crippen LogP contribution in [0.4, 0.5) is 8.78 Å². The zero-order valence-electron chi connectivity index (χ0n) is 19.7. The van der Waals surface area contributed by atoms with E-state index in [1.807, 2.05) is 6.21 Å². The molecule has 1 fully saturated rings. The van der Waals surface area contributed by atoms with E-state index in [0.29, 0.717) is 22.6 Å². The highest BCUT2D eigenvalue weighted by Gasteiger charge is 2.24. The number of ether oxygens (including phenoxy) is 1. The first-order valence-electron chi connectivity index (χ1n) is 12.2. The highest BCUT2D eigenvalue weighted by atomic mass is 32.1. The van der Waals surface area contributed by atoms with Crippen molar-refractivity contribution in [3.8, 4) is 11.3 Å². The molecule has 0 N–H and O–H groups in total. The lowest BCUT2D eigenvalue weighted by molar-refractivity contribution is -0.117. The Labute approximate surface area is 208 Å². The van der Waals surface area contributed by atoms with Crippen molar-refractivity contribution in [2.75, 3.05) is 19.7 Å². The highest BCUT2D eigenvalue weighted by molar-refractivity contribution is 7.13. The number of thiazole rings is 1. The van der Waals surface area contributed by atoms with Crippen LogP contribution < -0.4 is 4.74 Å². The molecule has 1 aromatic heterocycles. The second-order valence-electron chi connectivity index (χ2n) is 9.30. The summed E-state index contributed by atoms with van der Waals surface area (Å²) >= 11 is 1.39. The molecule has 0 unspecified atom stereocenters. The van der Waals surface area contributed by atoms with Gasteiger partial charge in [-0.25, -0.2) is 18.8 Å². The van der Waals surface area contributed by atoms with Gasteiger partial charge in [-0.3, -0.25) is 9.69 Å². The molecule has 6 nitrogen and oxygen atoms in total. The fraction of sp³-hybridized carbons (Fsp3) is 0.538. The summed E-state index contributed by atoms with van der Waals surface area (Å²) in [5, 5.41) is 9.21. The molecule has 35 heavy (non-hydrogen) atoms. The van der Waals surface area contributed by atoms with Crippen molar-refractivity contribution in [1.29, 1.82) is 5.26 Å². The summed E-state index contributed by atoms with van der Waals surface area (Å²) in [5.41, 5.74) is 2.42. The number of hydrogen-bond donors (Lipinski definition) is 0. The molecule has 9 heteroatoms. The second-order valence-corrected chi connectivity index (χ2v) is 10.4. The number of nitrogens with zero attached hydrogens (tertiary/aromatic N) is 4. The first-order chi connectivity index (χ1) is 17.0. The fourth-order valence-electron chi connectivity index (χ4n) is 4.71. The number of rotatable bonds is 9. The second kappa shape index (κ2) is 12.3. The van der Waals surface area contributed by atoms with Crippen molar-refractivity contribution in [2.45, 2.75) is 57.9 Å². The summed E-state index contributed by atoms with van der Waals surface area (Å²) in [6, 6.07) is 9.11. The molecule has 0 saturated heterocycles. The molecule has 0 bridgehead atoms. The van der Waals surface area contributed by atoms with Crippen LogP contribution in [-0.2, 0) is 24.2 Å². The van der Waals surface area contributed by atoms with Gasteiger partial charge in [-0.2, -0.15) is 5.26 Å². The van der Waals surface area contributed by atoms with E-state index in [0.717, 1.165) is 74.3 Å². The molecule has 1 aliphatic carbocycles. The number of alkyl halides is 2. The third-order valence-electron chi connectivity index (χ3n) is 6.73. The Morgan fingerprint density at radius 1 is 1.29 bits per heavy atom. The number of amides is 1. The molecular formula is C26H30F2N4O2S. The number of aromatic nitrogens is 1. The Morgan fingerprint density at radius 3 is 2.77 bits per heavy atom. The van der Waals surface area contributed by atoms with E-state index >= 15 is 0 Å². The molecule has 0 radical (unpaired) electrons. The summed E-state index contributed by atoms with van der Waals surface area (Å²) in [7, 11) is 0. The molecule has 0 atom stereocenters. The lowest BCUT2D eigenvalue weighted by Gasteiger charge is -2.30. The van der Waals surface area contributed by atoms with Crippen molar-refractivity contribution in [3.05, 3.63) is 46.0 Å². The van der Waals surface area contributed by atoms with Crippen LogP contribution in [0.2, 0.25) is 0 Å². The molecule has 2 aromatic rings. The van der Waals surface area contributed by atoms with E-state index in [1.54, 1.807) is 24.3 Å². The summed E-state index contributed by atoms with van der Waals surface area (Å²) in [6.45, 7) is 2.13. The van der Waals surface area contributed by atoms with Gasteiger partial charge < -0.3 is 4.74 Å². The van der Waals surface area contributed by atoms with Crippen molar-refractivity contribution < 1.29 is 18.3 Å². The fourth-order valence-corrected chi connectivity index (χ4v) is 5.63. The van der Waals surface area contributed by atoms with Crippen LogP contribution in [0, 0.1) is 23.2 Å². The highest BCUT2D eigenvalue weighted by Crippen LogP contribution is 2.32. The number of halogens is 2. The van der Waals surface area contributed by atoms with E-state index in [2.05, 4.69) is 20.9 Å². The number of carbonyl (C=O) groups is 1. The first-order valence-corrected chi connectivity index (χ1v) is 13.0. The molecule has 186 valence electrons. The molecule has 1 amide bonds. The number of benzene rings is 1. The lowest BCUT2D eigenvalue weighted by Crippen LogP contribution is -2.32. The monoisotopic (exact) mass is 500 g/mol. The van der Waals surface area contributed by atoms with Gasteiger partial charge in [0, 0.05) is 24.2 Å². The van der Waals surface area contributed by atoms with Gasteiger partial charge in [-0.15, -0.1) is 0 Å². The summed E-state index contributed by atoms with van der Waals surface area (Å²) in [6.07, 6.45) is 6.03. The zero-order valence-corrected chi connectivity index (χ0v) is 20.5. The van der Waals surface area contributed by atoms with Crippen molar-refractivity contribution in [3.63, 3.8) is 0 Å². The first kappa shape index (κ1) is 25.4. The summed E-state index contributed by atoms with van der Waals surface area (Å²) < 4.78 is 29.8. The van der Waals surface area contributed by atoms with Gasteiger partial charge in [0.15, 0.2) is 6.61 Å². The van der Waals surface area contributed by atoms with Gasteiger partial charge in [0.25, 0.3) is 11.6 Å². The maximum atomic E-state index is 12.4. The van der Waals surface area contributed by atoms with Gasteiger partial charge in [-0.05, 0) is 74.6 Å². The topological polar surface area (TPSA) is 78.6 Å². The van der Waals surface area contributed by atoms with Gasteiger partial charge in [0.2, 0.25) is 5.91 Å². The molecule has 0 spiro atoms. The summed E-state index contributed by atoms with van der Waals surface area (Å²) in [4.78, 5) is 24.3. The van der Waals surface area contributed by atoms with E-state index in [9.17, 15) is 13.6 Å². The zero-order chi connectivity index (χ0) is 24.6. The number of hydrogen-bond acceptors (Lipinski definition) is 6. The normalized spacial score (nSPS) is 20.6. The molecule has 1 aromatic carbocycles. The minimum atomic E-state index is -2.48. The van der Waals surface area contributed by atoms with Crippen molar-refractivity contribution in [2.24, 2.45) is 16.8 Å². The SMILES string of the molecule is N#Cc1ccc(CC(=O)N=CC2CCC(CCN3CCc4sc(OCC(F)F)nc4C3)CC2)cc1. The average molecular weight is 501 g/mol. The third-order valence-corrected chi connectivity index (χ3v) is 7.80. The van der Waals surface area contributed by atoms with E-state index in [4.69, 9.17) is 10.00 Å². The Balaban J connectivity index is 1.15. The van der Waals surface area contributed by atoms with Gasteiger partial charge in [0.1, 0.15) is 0 Å². The average Bonchev–Trinajstić information content (AvgIpc) is 3.28. The van der Waals surface area contributed by atoms with Gasteiger partial charge >= 0.3 is 0 Å². The Bertz CT molecular complexity index is 1060. The lowest BCUT2D eigenvalue weighted by atomic mass is 9.81. The predicted molar refractivity (Wildman–Crippen MR) is 131 cm³/mol. The number of carbonyl (C=O) groups excluding carboxylic acids is 1. The standard InChI is InChI=1S/C26H30F2N4O2S/c27-24(28)17-34-26-31-22-16-32(12-10-23(22)35-26)11-9-18-1-7-21(8-2-18)15-30-25(33)13-19-3-5-20(14-29)6-4-19/h3-6,15,18,21,24H,1-2,7-13,16-17H2. The molecule has 2 heterocycles. The van der Waals surface area contributed by atoms with E-state index in [1.165, 1.54) is 11.3 Å². The van der Waals surface area contributed by atoms with Gasteiger partial charge in [-0.1, -0.05) is 23.5 Å². The predicted octanol–water partition coefficient (Wildman–Crippen LogP) is 5.05. The molecule has 1 aliphatic heterocycles. The summed E-state index contributed by atoms with van der Waals surface area (Å²) in [5.74, 6) is 0.886. The van der Waals surface area contributed by atoms with Gasteiger partial charge in [0.05, 0.1) is 23.7 Å². The van der Waals surface area contributed by atoms with E-state index in [-0.39, 0.29) is 12.3 Å². The smallest absolute Gasteiger partial charge is 0.273 e. The van der Waals surface area contributed by atoms with Crippen LogP contribution in [0.1, 0.15) is 53.8 Å². The van der Waals surface area contributed by atoms with Crippen LogP contribution in [0.25, 0.3) is 0 Å². The van der Waals surface area contributed by atoms with E-state index < -0.39 is 13.0 Å². The Hall–Kier alpha value is -2.70. The largest absolute Gasteiger partial charge is 0.464 e. The minimum absolute atomic E-state index is 0.147. The molecule has 1 saturated carbocycles. The quantitative estimate of drug-likeness (QED) is 0.450. The maximum Gasteiger partial charge on any atom is 0.273 e. The number of aliphatic imine (C=N–C) groups is 1. The number of nitriles is 1. The van der Waals surface area contributed by atoms with Crippen molar-refractivity contribution >= 4 is 23.5 Å². The molecular weight excluding hydrogens is 470 g/mol. The Kier molecular flexibility index (Phi) is 8.94. The Morgan fingerprint density at radius 2 is 2.06 bits per heavy atom.